The molecule has 1 atom stereocenters. The summed E-state index contributed by atoms with van der Waals surface area (Å²) in [4.78, 5) is 7.21. The fourth-order valence-electron chi connectivity index (χ4n) is 3.51. The summed E-state index contributed by atoms with van der Waals surface area (Å²) in [6.45, 7) is 2.24. The molecule has 21 heavy (non-hydrogen) atoms. The van der Waals surface area contributed by atoms with E-state index in [1.165, 1.54) is 12.8 Å². The molecule has 0 bridgehead atoms. The molecule has 0 spiro atoms. The Morgan fingerprint density at radius 2 is 2.14 bits per heavy atom. The molecule has 4 nitrogen and oxygen atoms in total. The summed E-state index contributed by atoms with van der Waals surface area (Å²) in [7, 11) is 0. The number of hydrogen-bond acceptors (Lipinski definition) is 3. The predicted molar refractivity (Wildman–Crippen MR) is 82.3 cm³/mol. The van der Waals surface area contributed by atoms with Gasteiger partial charge >= 0.3 is 0 Å². The highest BCUT2D eigenvalue weighted by molar-refractivity contribution is 6.16. The smallest absolute Gasteiger partial charge is 0.125 e. The molecule has 0 radical (unpaired) electrons. The summed E-state index contributed by atoms with van der Waals surface area (Å²) in [5.41, 5.74) is 2.47. The third-order valence-electron chi connectivity index (χ3n) is 4.66. The van der Waals surface area contributed by atoms with Crippen LogP contribution < -0.4 is 0 Å². The standard InChI is InChI=1S/C16H17ClN4/c17-8-15-19-16-11(9-18)2-1-3-14(16)21(15)13-6-7-20(10-13)12-4-5-12/h1-3,12-13H,4-8,10H2. The molecule has 2 aromatic rings. The van der Waals surface area contributed by atoms with Crippen molar-refractivity contribution in [3.8, 4) is 6.07 Å². The van der Waals surface area contributed by atoms with Crippen molar-refractivity contribution in [3.05, 3.63) is 29.6 Å². The number of nitrogens with zero attached hydrogens (tertiary/aromatic N) is 4. The molecule has 1 saturated carbocycles. The average Bonchev–Trinajstić information content (AvgIpc) is 3.12. The van der Waals surface area contributed by atoms with Crippen molar-refractivity contribution in [2.75, 3.05) is 13.1 Å². The van der Waals surface area contributed by atoms with Crippen LogP contribution in [0.3, 0.4) is 0 Å². The molecule has 5 heteroatoms. The maximum Gasteiger partial charge on any atom is 0.125 e. The molecule has 2 fully saturated rings. The molecule has 1 aromatic heterocycles. The van der Waals surface area contributed by atoms with E-state index in [4.69, 9.17) is 11.6 Å². The van der Waals surface area contributed by atoms with Gasteiger partial charge in [0, 0.05) is 25.2 Å². The highest BCUT2D eigenvalue weighted by atomic mass is 35.5. The quantitative estimate of drug-likeness (QED) is 0.818. The lowest BCUT2D eigenvalue weighted by Crippen LogP contribution is -2.24. The van der Waals surface area contributed by atoms with E-state index in [0.717, 1.165) is 42.4 Å². The highest BCUT2D eigenvalue weighted by Crippen LogP contribution is 2.35. The summed E-state index contributed by atoms with van der Waals surface area (Å²) in [5.74, 6) is 1.27. The zero-order valence-electron chi connectivity index (χ0n) is 11.8. The molecule has 2 heterocycles. The van der Waals surface area contributed by atoms with Crippen LogP contribution in [-0.4, -0.2) is 33.6 Å². The van der Waals surface area contributed by atoms with Gasteiger partial charge in [0.05, 0.1) is 17.0 Å². The van der Waals surface area contributed by atoms with Gasteiger partial charge in [0.15, 0.2) is 0 Å². The minimum atomic E-state index is 0.388. The van der Waals surface area contributed by atoms with E-state index >= 15 is 0 Å². The first-order valence-corrected chi connectivity index (χ1v) is 8.05. The van der Waals surface area contributed by atoms with Crippen molar-refractivity contribution in [2.45, 2.75) is 37.2 Å². The monoisotopic (exact) mass is 300 g/mol. The Kier molecular flexibility index (Phi) is 3.13. The second-order valence-corrected chi connectivity index (χ2v) is 6.25. The molecule has 1 aliphatic carbocycles. The maximum absolute atomic E-state index is 9.26. The van der Waals surface area contributed by atoms with Crippen LogP contribution >= 0.6 is 11.6 Å². The minimum Gasteiger partial charge on any atom is -0.322 e. The van der Waals surface area contributed by atoms with Gasteiger partial charge in [0.1, 0.15) is 17.4 Å². The fourth-order valence-corrected chi connectivity index (χ4v) is 3.70. The summed E-state index contributed by atoms with van der Waals surface area (Å²) >= 11 is 6.11. The molecule has 2 aliphatic rings. The minimum absolute atomic E-state index is 0.388. The first kappa shape index (κ1) is 13.1. The number of aromatic nitrogens is 2. The van der Waals surface area contributed by atoms with Gasteiger partial charge in [-0.15, -0.1) is 11.6 Å². The molecule has 4 rings (SSSR count). The van der Waals surface area contributed by atoms with E-state index in [-0.39, 0.29) is 0 Å². The van der Waals surface area contributed by atoms with E-state index in [1.807, 2.05) is 12.1 Å². The van der Waals surface area contributed by atoms with Crippen LogP contribution in [0.2, 0.25) is 0 Å². The van der Waals surface area contributed by atoms with Crippen molar-refractivity contribution >= 4 is 22.6 Å². The number of likely N-dealkylation sites (tertiary alicyclic amines) is 1. The Bertz CT molecular complexity index is 726. The van der Waals surface area contributed by atoms with Gasteiger partial charge in [-0.1, -0.05) is 6.07 Å². The molecular weight excluding hydrogens is 284 g/mol. The molecule has 1 aromatic carbocycles. The van der Waals surface area contributed by atoms with Crippen LogP contribution in [0.25, 0.3) is 11.0 Å². The third-order valence-corrected chi connectivity index (χ3v) is 4.90. The Balaban J connectivity index is 1.78. The average molecular weight is 301 g/mol. The number of nitriles is 1. The normalized spacial score (nSPS) is 22.8. The zero-order chi connectivity index (χ0) is 14.4. The lowest BCUT2D eigenvalue weighted by Gasteiger charge is -2.18. The largest absolute Gasteiger partial charge is 0.322 e. The van der Waals surface area contributed by atoms with Gasteiger partial charge in [0.25, 0.3) is 0 Å². The number of fused-ring (bicyclic) bond motifs is 1. The van der Waals surface area contributed by atoms with Crippen LogP contribution in [-0.2, 0) is 5.88 Å². The van der Waals surface area contributed by atoms with Crippen molar-refractivity contribution in [2.24, 2.45) is 0 Å². The van der Waals surface area contributed by atoms with Crippen molar-refractivity contribution in [3.63, 3.8) is 0 Å². The predicted octanol–water partition coefficient (Wildman–Crippen LogP) is 3.06. The Morgan fingerprint density at radius 3 is 2.86 bits per heavy atom. The van der Waals surface area contributed by atoms with E-state index in [2.05, 4.69) is 26.6 Å². The fraction of sp³-hybridized carbons (Fsp3) is 0.500. The zero-order valence-corrected chi connectivity index (χ0v) is 12.6. The second kappa shape index (κ2) is 5.01. The molecule has 108 valence electrons. The van der Waals surface area contributed by atoms with E-state index in [9.17, 15) is 5.26 Å². The molecule has 1 aliphatic heterocycles. The topological polar surface area (TPSA) is 44.9 Å². The number of para-hydroxylation sites is 1. The Morgan fingerprint density at radius 1 is 1.29 bits per heavy atom. The Labute approximate surface area is 128 Å². The van der Waals surface area contributed by atoms with Crippen molar-refractivity contribution in [1.82, 2.24) is 14.5 Å². The number of imidazole rings is 1. The summed E-state index contributed by atoms with van der Waals surface area (Å²) in [6, 6.07) is 9.28. The first-order valence-electron chi connectivity index (χ1n) is 7.51. The number of benzene rings is 1. The van der Waals surface area contributed by atoms with Gasteiger partial charge in [-0.05, 0) is 31.4 Å². The molecule has 0 amide bonds. The van der Waals surface area contributed by atoms with Crippen LogP contribution in [0, 0.1) is 11.3 Å². The molecular formula is C16H17ClN4. The summed E-state index contributed by atoms with van der Waals surface area (Å²) in [6.07, 6.45) is 3.83. The molecule has 0 N–H and O–H groups in total. The van der Waals surface area contributed by atoms with Gasteiger partial charge < -0.3 is 4.57 Å². The number of alkyl halides is 1. The van der Waals surface area contributed by atoms with Gasteiger partial charge in [-0.25, -0.2) is 4.98 Å². The van der Waals surface area contributed by atoms with Crippen LogP contribution in [0.15, 0.2) is 18.2 Å². The van der Waals surface area contributed by atoms with E-state index in [0.29, 0.717) is 17.5 Å². The summed E-state index contributed by atoms with van der Waals surface area (Å²) in [5, 5.41) is 9.26. The second-order valence-electron chi connectivity index (χ2n) is 5.99. The molecule has 1 unspecified atom stereocenters. The number of rotatable bonds is 3. The lowest BCUT2D eigenvalue weighted by molar-refractivity contribution is 0.314. The van der Waals surface area contributed by atoms with Crippen LogP contribution in [0.1, 0.15) is 36.7 Å². The number of halogens is 1. The first-order chi connectivity index (χ1) is 10.3. The lowest BCUT2D eigenvalue weighted by atomic mass is 10.2. The van der Waals surface area contributed by atoms with Crippen LogP contribution in [0.4, 0.5) is 0 Å². The highest BCUT2D eigenvalue weighted by Gasteiger charge is 2.36. The maximum atomic E-state index is 9.26. The summed E-state index contributed by atoms with van der Waals surface area (Å²) < 4.78 is 2.27. The SMILES string of the molecule is N#Cc1cccc2c1nc(CCl)n2C1CCN(C2CC2)C1. The van der Waals surface area contributed by atoms with Crippen molar-refractivity contribution < 1.29 is 0 Å². The van der Waals surface area contributed by atoms with Crippen molar-refractivity contribution in [1.29, 1.82) is 5.26 Å². The third kappa shape index (κ3) is 2.12. The van der Waals surface area contributed by atoms with Gasteiger partial charge in [0.2, 0.25) is 0 Å². The van der Waals surface area contributed by atoms with Crippen LogP contribution in [0.5, 0.6) is 0 Å². The van der Waals surface area contributed by atoms with Gasteiger partial charge in [-0.3, -0.25) is 4.90 Å². The van der Waals surface area contributed by atoms with E-state index < -0.39 is 0 Å². The van der Waals surface area contributed by atoms with E-state index in [1.54, 1.807) is 0 Å². The number of hydrogen-bond donors (Lipinski definition) is 0. The molecule has 1 saturated heterocycles. The van der Waals surface area contributed by atoms with Gasteiger partial charge in [-0.2, -0.15) is 5.26 Å². The Hall–Kier alpha value is -1.57.